The van der Waals surface area contributed by atoms with Crippen LogP contribution in [0.5, 0.6) is 11.5 Å². The van der Waals surface area contributed by atoms with Gasteiger partial charge >= 0.3 is 0 Å². The van der Waals surface area contributed by atoms with Crippen LogP contribution in [-0.2, 0) is 6.42 Å². The Balaban J connectivity index is 1.53. The first-order chi connectivity index (χ1) is 16.1. The predicted molar refractivity (Wildman–Crippen MR) is 123 cm³/mol. The third-order valence-electron chi connectivity index (χ3n) is 5.45. The lowest BCUT2D eigenvalue weighted by Crippen LogP contribution is -1.99. The molecule has 0 fully saturated rings. The molecule has 0 saturated carbocycles. The van der Waals surface area contributed by atoms with Crippen molar-refractivity contribution in [2.45, 2.75) is 13.3 Å². The molecule has 0 aliphatic rings. The monoisotopic (exact) mass is 443 g/mol. The number of aryl methyl sites for hydroxylation is 1. The number of ether oxygens (including phenoxy) is 2. The predicted octanol–water partition coefficient (Wildman–Crippen LogP) is 4.64. The van der Waals surface area contributed by atoms with Crippen LogP contribution in [0.4, 0.5) is 4.39 Å². The highest BCUT2D eigenvalue weighted by molar-refractivity contribution is 5.67. The molecular formula is C25H22FN5O2. The number of nitrogens with zero attached hydrogens (tertiary/aromatic N) is 5. The molecule has 33 heavy (non-hydrogen) atoms. The van der Waals surface area contributed by atoms with Crippen molar-refractivity contribution in [3.8, 4) is 28.4 Å². The molecule has 166 valence electrons. The summed E-state index contributed by atoms with van der Waals surface area (Å²) in [5, 5.41) is 4.73. The third-order valence-corrected chi connectivity index (χ3v) is 5.45. The standard InChI is InChI=1S/C25H22FN5O2/c1-16-14-30(15-27-16)21-9-4-17(12-23(21)33-3)13-24-28-25-22(32-2)11-10-20(31(25)29-24)18-5-7-19(26)8-6-18/h4-12,14-15H,13H2,1-3H3. The first-order valence-corrected chi connectivity index (χ1v) is 10.4. The van der Waals surface area contributed by atoms with Crippen molar-refractivity contribution in [2.75, 3.05) is 14.2 Å². The zero-order valence-electron chi connectivity index (χ0n) is 18.5. The van der Waals surface area contributed by atoms with Gasteiger partial charge in [0.2, 0.25) is 0 Å². The molecule has 8 heteroatoms. The molecule has 0 spiro atoms. The first kappa shape index (κ1) is 20.7. The van der Waals surface area contributed by atoms with E-state index in [1.54, 1.807) is 37.2 Å². The van der Waals surface area contributed by atoms with Gasteiger partial charge in [-0.3, -0.25) is 0 Å². The zero-order chi connectivity index (χ0) is 22.9. The van der Waals surface area contributed by atoms with Crippen molar-refractivity contribution >= 4 is 5.65 Å². The molecule has 3 aromatic heterocycles. The molecule has 5 rings (SSSR count). The Morgan fingerprint density at radius 1 is 0.939 bits per heavy atom. The van der Waals surface area contributed by atoms with Gasteiger partial charge in [0.25, 0.3) is 0 Å². The smallest absolute Gasteiger partial charge is 0.198 e. The van der Waals surface area contributed by atoms with E-state index in [-0.39, 0.29) is 5.82 Å². The summed E-state index contributed by atoms with van der Waals surface area (Å²) in [6, 6.07) is 16.0. The third kappa shape index (κ3) is 3.91. The van der Waals surface area contributed by atoms with Gasteiger partial charge in [-0.25, -0.2) is 18.9 Å². The fourth-order valence-electron chi connectivity index (χ4n) is 3.84. The lowest BCUT2D eigenvalue weighted by atomic mass is 10.1. The van der Waals surface area contributed by atoms with Gasteiger partial charge in [0.1, 0.15) is 11.6 Å². The number of aromatic nitrogens is 5. The molecule has 0 aliphatic carbocycles. The molecule has 0 unspecified atom stereocenters. The number of fused-ring (bicyclic) bond motifs is 1. The highest BCUT2D eigenvalue weighted by Gasteiger charge is 2.15. The summed E-state index contributed by atoms with van der Waals surface area (Å²) in [6.45, 7) is 1.95. The zero-order valence-corrected chi connectivity index (χ0v) is 18.5. The van der Waals surface area contributed by atoms with E-state index in [2.05, 4.69) is 4.98 Å². The summed E-state index contributed by atoms with van der Waals surface area (Å²) in [5.74, 6) is 1.70. The van der Waals surface area contributed by atoms with Gasteiger partial charge in [0.15, 0.2) is 17.2 Å². The summed E-state index contributed by atoms with van der Waals surface area (Å²) >= 11 is 0. The van der Waals surface area contributed by atoms with Gasteiger partial charge < -0.3 is 14.0 Å². The highest BCUT2D eigenvalue weighted by Crippen LogP contribution is 2.28. The Hall–Kier alpha value is -4.20. The van der Waals surface area contributed by atoms with Crippen LogP contribution in [0.25, 0.3) is 22.6 Å². The maximum absolute atomic E-state index is 13.4. The lowest BCUT2D eigenvalue weighted by molar-refractivity contribution is 0.412. The largest absolute Gasteiger partial charge is 0.495 e. The highest BCUT2D eigenvalue weighted by atomic mass is 19.1. The van der Waals surface area contributed by atoms with Gasteiger partial charge in [0.05, 0.1) is 37.6 Å². The maximum Gasteiger partial charge on any atom is 0.198 e. The van der Waals surface area contributed by atoms with Gasteiger partial charge in [-0.15, -0.1) is 0 Å². The second kappa shape index (κ2) is 8.38. The minimum atomic E-state index is -0.286. The van der Waals surface area contributed by atoms with E-state index in [9.17, 15) is 4.39 Å². The molecule has 7 nitrogen and oxygen atoms in total. The van der Waals surface area contributed by atoms with Crippen LogP contribution in [0, 0.1) is 12.7 Å². The minimum Gasteiger partial charge on any atom is -0.495 e. The number of hydrogen-bond donors (Lipinski definition) is 0. The van der Waals surface area contributed by atoms with E-state index >= 15 is 0 Å². The van der Waals surface area contributed by atoms with Gasteiger partial charge in [-0.05, 0) is 61.0 Å². The molecule has 3 heterocycles. The van der Waals surface area contributed by atoms with Gasteiger partial charge in [-0.1, -0.05) is 6.07 Å². The van der Waals surface area contributed by atoms with E-state index in [1.807, 2.05) is 48.0 Å². The van der Waals surface area contributed by atoms with Crippen LogP contribution in [0.2, 0.25) is 0 Å². The summed E-state index contributed by atoms with van der Waals surface area (Å²) in [4.78, 5) is 9.01. The number of imidazole rings is 1. The molecule has 0 amide bonds. The van der Waals surface area contributed by atoms with E-state index in [0.717, 1.165) is 34.0 Å². The lowest BCUT2D eigenvalue weighted by Gasteiger charge is -2.10. The number of pyridine rings is 1. The average Bonchev–Trinajstić information content (AvgIpc) is 3.45. The van der Waals surface area contributed by atoms with Crippen LogP contribution in [-0.4, -0.2) is 38.4 Å². The molecule has 5 aromatic rings. The summed E-state index contributed by atoms with van der Waals surface area (Å²) in [7, 11) is 3.25. The summed E-state index contributed by atoms with van der Waals surface area (Å²) in [5.41, 5.74) is 5.08. The number of rotatable bonds is 6. The van der Waals surface area contributed by atoms with E-state index < -0.39 is 0 Å². The quantitative estimate of drug-likeness (QED) is 0.383. The first-order valence-electron chi connectivity index (χ1n) is 10.4. The topological polar surface area (TPSA) is 66.5 Å². The van der Waals surface area contributed by atoms with Gasteiger partial charge in [0, 0.05) is 18.2 Å². The van der Waals surface area contributed by atoms with Crippen LogP contribution in [0.15, 0.2) is 67.1 Å². The molecule has 2 aromatic carbocycles. The van der Waals surface area contributed by atoms with Crippen LogP contribution in [0.3, 0.4) is 0 Å². The Kier molecular flexibility index (Phi) is 5.26. The number of halogens is 1. The fraction of sp³-hybridized carbons (Fsp3) is 0.160. The van der Waals surface area contributed by atoms with Crippen LogP contribution in [0.1, 0.15) is 17.1 Å². The average molecular weight is 443 g/mol. The van der Waals surface area contributed by atoms with E-state index in [1.165, 1.54) is 12.1 Å². The molecule has 0 bridgehead atoms. The van der Waals surface area contributed by atoms with Crippen molar-refractivity contribution < 1.29 is 13.9 Å². The second-order valence-corrected chi connectivity index (χ2v) is 7.66. The number of benzene rings is 2. The Bertz CT molecular complexity index is 1440. The van der Waals surface area contributed by atoms with Crippen molar-refractivity contribution in [3.63, 3.8) is 0 Å². The molecular weight excluding hydrogens is 421 g/mol. The SMILES string of the molecule is COc1cc(Cc2nc3c(OC)ccc(-c4ccc(F)cc4)n3n2)ccc1-n1cnc(C)c1. The molecule has 0 N–H and O–H groups in total. The van der Waals surface area contributed by atoms with Crippen molar-refractivity contribution in [1.29, 1.82) is 0 Å². The van der Waals surface area contributed by atoms with Crippen LogP contribution < -0.4 is 9.47 Å². The molecule has 0 radical (unpaired) electrons. The van der Waals surface area contributed by atoms with Crippen molar-refractivity contribution in [3.05, 3.63) is 90.0 Å². The van der Waals surface area contributed by atoms with E-state index in [0.29, 0.717) is 23.6 Å². The molecule has 0 saturated heterocycles. The summed E-state index contributed by atoms with van der Waals surface area (Å²) in [6.07, 6.45) is 4.22. The Labute approximate surface area is 190 Å². The number of hydrogen-bond acceptors (Lipinski definition) is 5. The maximum atomic E-state index is 13.4. The van der Waals surface area contributed by atoms with Crippen molar-refractivity contribution in [2.24, 2.45) is 0 Å². The Morgan fingerprint density at radius 3 is 2.42 bits per heavy atom. The Morgan fingerprint density at radius 2 is 1.73 bits per heavy atom. The molecule has 0 aliphatic heterocycles. The van der Waals surface area contributed by atoms with Crippen molar-refractivity contribution in [1.82, 2.24) is 24.1 Å². The second-order valence-electron chi connectivity index (χ2n) is 7.66. The fourth-order valence-corrected chi connectivity index (χ4v) is 3.84. The van der Waals surface area contributed by atoms with E-state index in [4.69, 9.17) is 19.6 Å². The number of methoxy groups -OCH3 is 2. The minimum absolute atomic E-state index is 0.286. The van der Waals surface area contributed by atoms with Gasteiger partial charge in [-0.2, -0.15) is 5.10 Å². The van der Waals surface area contributed by atoms with Crippen LogP contribution >= 0.6 is 0 Å². The summed E-state index contributed by atoms with van der Waals surface area (Å²) < 4.78 is 28.2. The molecule has 0 atom stereocenters. The normalized spacial score (nSPS) is 11.2.